The van der Waals surface area contributed by atoms with Crippen LogP contribution >= 0.6 is 0 Å². The quantitative estimate of drug-likeness (QED) is 0.872. The molecule has 4 nitrogen and oxygen atoms in total. The molecule has 1 aromatic carbocycles. The van der Waals surface area contributed by atoms with Crippen molar-refractivity contribution in [2.45, 2.75) is 50.9 Å². The summed E-state index contributed by atoms with van der Waals surface area (Å²) in [5.41, 5.74) is 0. The number of para-hydroxylation sites is 1. The highest BCUT2D eigenvalue weighted by Gasteiger charge is 2.26. The lowest BCUT2D eigenvalue weighted by Crippen LogP contribution is -2.49. The number of ether oxygens (including phenoxy) is 1. The smallest absolute Gasteiger partial charge is 0.261 e. The SMILES string of the molecule is CC(Oc1ccccc1)C(=O)N[C@H]1CCCC[C@@H]1O. The molecule has 2 rings (SSSR count). The van der Waals surface area contributed by atoms with Crippen LogP contribution in [0.3, 0.4) is 0 Å². The maximum Gasteiger partial charge on any atom is 0.261 e. The molecule has 0 heterocycles. The highest BCUT2D eigenvalue weighted by molar-refractivity contribution is 5.81. The van der Waals surface area contributed by atoms with Gasteiger partial charge in [-0.15, -0.1) is 0 Å². The third kappa shape index (κ3) is 3.96. The predicted octanol–water partition coefficient (Wildman–Crippen LogP) is 1.87. The fraction of sp³-hybridized carbons (Fsp3) is 0.533. The Morgan fingerprint density at radius 2 is 2.00 bits per heavy atom. The van der Waals surface area contributed by atoms with E-state index in [-0.39, 0.29) is 11.9 Å². The van der Waals surface area contributed by atoms with E-state index < -0.39 is 12.2 Å². The third-order valence-electron chi connectivity index (χ3n) is 3.48. The van der Waals surface area contributed by atoms with Crippen molar-refractivity contribution in [1.82, 2.24) is 5.32 Å². The molecule has 1 unspecified atom stereocenters. The zero-order valence-electron chi connectivity index (χ0n) is 11.2. The first-order valence-electron chi connectivity index (χ1n) is 6.87. The van der Waals surface area contributed by atoms with E-state index >= 15 is 0 Å². The van der Waals surface area contributed by atoms with E-state index in [0.29, 0.717) is 5.75 Å². The second-order valence-electron chi connectivity index (χ2n) is 5.04. The lowest BCUT2D eigenvalue weighted by molar-refractivity contribution is -0.129. The minimum Gasteiger partial charge on any atom is -0.481 e. The standard InChI is InChI=1S/C15H21NO3/c1-11(19-12-7-3-2-4-8-12)15(18)16-13-9-5-6-10-14(13)17/h2-4,7-8,11,13-14,17H,5-6,9-10H2,1H3,(H,16,18)/t11?,13-,14-/m0/s1. The van der Waals surface area contributed by atoms with Gasteiger partial charge in [0.05, 0.1) is 12.1 Å². The van der Waals surface area contributed by atoms with Crippen LogP contribution in [0.1, 0.15) is 32.6 Å². The number of nitrogens with one attached hydrogen (secondary N) is 1. The van der Waals surface area contributed by atoms with Crippen LogP contribution < -0.4 is 10.1 Å². The third-order valence-corrected chi connectivity index (χ3v) is 3.48. The Morgan fingerprint density at radius 3 is 2.68 bits per heavy atom. The normalized spacial score (nSPS) is 24.5. The van der Waals surface area contributed by atoms with E-state index in [1.807, 2.05) is 30.3 Å². The van der Waals surface area contributed by atoms with Crippen LogP contribution in [-0.4, -0.2) is 29.3 Å². The van der Waals surface area contributed by atoms with Crippen molar-refractivity contribution >= 4 is 5.91 Å². The molecule has 0 spiro atoms. The average Bonchev–Trinajstić information content (AvgIpc) is 2.42. The van der Waals surface area contributed by atoms with Gasteiger partial charge in [0.1, 0.15) is 5.75 Å². The number of hydrogen-bond donors (Lipinski definition) is 2. The summed E-state index contributed by atoms with van der Waals surface area (Å²) in [6.45, 7) is 1.72. The van der Waals surface area contributed by atoms with Gasteiger partial charge in [0.25, 0.3) is 5.91 Å². The van der Waals surface area contributed by atoms with Crippen molar-refractivity contribution in [3.8, 4) is 5.75 Å². The molecule has 2 N–H and O–H groups in total. The summed E-state index contributed by atoms with van der Waals surface area (Å²) in [5.74, 6) is 0.504. The molecule has 0 radical (unpaired) electrons. The summed E-state index contributed by atoms with van der Waals surface area (Å²) in [7, 11) is 0. The molecule has 104 valence electrons. The van der Waals surface area contributed by atoms with Crippen molar-refractivity contribution in [2.24, 2.45) is 0 Å². The Hall–Kier alpha value is -1.55. The summed E-state index contributed by atoms with van der Waals surface area (Å²) >= 11 is 0. The van der Waals surface area contributed by atoms with Gasteiger partial charge in [-0.05, 0) is 31.9 Å². The van der Waals surface area contributed by atoms with Crippen molar-refractivity contribution in [2.75, 3.05) is 0 Å². The molecular weight excluding hydrogens is 242 g/mol. The molecule has 19 heavy (non-hydrogen) atoms. The number of amides is 1. The van der Waals surface area contributed by atoms with Gasteiger partial charge in [0.15, 0.2) is 6.10 Å². The topological polar surface area (TPSA) is 58.6 Å². The average molecular weight is 263 g/mol. The molecular formula is C15H21NO3. The molecule has 1 amide bonds. The second-order valence-corrected chi connectivity index (χ2v) is 5.04. The first-order chi connectivity index (χ1) is 9.16. The predicted molar refractivity (Wildman–Crippen MR) is 72.9 cm³/mol. The molecule has 0 saturated heterocycles. The molecule has 1 fully saturated rings. The van der Waals surface area contributed by atoms with Gasteiger partial charge < -0.3 is 15.2 Å². The lowest BCUT2D eigenvalue weighted by Gasteiger charge is -2.29. The lowest BCUT2D eigenvalue weighted by atomic mass is 9.92. The Labute approximate surface area is 113 Å². The van der Waals surface area contributed by atoms with Crippen LogP contribution in [0.4, 0.5) is 0 Å². The van der Waals surface area contributed by atoms with Crippen molar-refractivity contribution < 1.29 is 14.6 Å². The van der Waals surface area contributed by atoms with Crippen LogP contribution in [-0.2, 0) is 4.79 Å². The highest BCUT2D eigenvalue weighted by atomic mass is 16.5. The first kappa shape index (κ1) is 13.9. The highest BCUT2D eigenvalue weighted by Crippen LogP contribution is 2.18. The molecule has 0 aliphatic heterocycles. The monoisotopic (exact) mass is 263 g/mol. The number of rotatable bonds is 4. The number of aliphatic hydroxyl groups excluding tert-OH is 1. The van der Waals surface area contributed by atoms with Crippen molar-refractivity contribution in [3.63, 3.8) is 0 Å². The molecule has 4 heteroatoms. The van der Waals surface area contributed by atoms with Gasteiger partial charge in [0, 0.05) is 0 Å². The minimum atomic E-state index is -0.559. The number of aliphatic hydroxyl groups is 1. The second kappa shape index (κ2) is 6.57. The van der Waals surface area contributed by atoms with E-state index in [1.54, 1.807) is 6.92 Å². The van der Waals surface area contributed by atoms with Crippen LogP contribution in [0.5, 0.6) is 5.75 Å². The van der Waals surface area contributed by atoms with E-state index in [0.717, 1.165) is 25.7 Å². The van der Waals surface area contributed by atoms with E-state index in [2.05, 4.69) is 5.32 Å². The number of carbonyl (C=O) groups excluding carboxylic acids is 1. The Bertz CT molecular complexity index is 407. The van der Waals surface area contributed by atoms with Gasteiger partial charge in [0.2, 0.25) is 0 Å². The van der Waals surface area contributed by atoms with Crippen LogP contribution in [0.2, 0.25) is 0 Å². The summed E-state index contributed by atoms with van der Waals surface area (Å²) in [4.78, 5) is 12.0. The fourth-order valence-corrected chi connectivity index (χ4v) is 2.34. The van der Waals surface area contributed by atoms with Gasteiger partial charge in [-0.25, -0.2) is 0 Å². The van der Waals surface area contributed by atoms with Crippen LogP contribution in [0.15, 0.2) is 30.3 Å². The number of hydrogen-bond acceptors (Lipinski definition) is 3. The van der Waals surface area contributed by atoms with E-state index in [4.69, 9.17) is 4.74 Å². The number of carbonyl (C=O) groups is 1. The maximum absolute atomic E-state index is 12.0. The Morgan fingerprint density at radius 1 is 1.32 bits per heavy atom. The molecule has 3 atom stereocenters. The summed E-state index contributed by atoms with van der Waals surface area (Å²) < 4.78 is 5.56. The molecule has 1 aliphatic rings. The fourth-order valence-electron chi connectivity index (χ4n) is 2.34. The minimum absolute atomic E-state index is 0.136. The first-order valence-corrected chi connectivity index (χ1v) is 6.87. The Balaban J connectivity index is 1.85. The summed E-state index contributed by atoms with van der Waals surface area (Å²) in [6, 6.07) is 9.13. The van der Waals surface area contributed by atoms with Gasteiger partial charge in [-0.3, -0.25) is 4.79 Å². The van der Waals surface area contributed by atoms with Gasteiger partial charge in [-0.1, -0.05) is 31.0 Å². The van der Waals surface area contributed by atoms with Crippen LogP contribution in [0, 0.1) is 0 Å². The zero-order chi connectivity index (χ0) is 13.7. The van der Waals surface area contributed by atoms with Crippen LogP contribution in [0.25, 0.3) is 0 Å². The molecule has 0 aromatic heterocycles. The van der Waals surface area contributed by atoms with Crippen molar-refractivity contribution in [1.29, 1.82) is 0 Å². The summed E-state index contributed by atoms with van der Waals surface area (Å²) in [5, 5.41) is 12.7. The van der Waals surface area contributed by atoms with E-state index in [1.165, 1.54) is 0 Å². The molecule has 1 aromatic rings. The molecule has 1 aliphatic carbocycles. The largest absolute Gasteiger partial charge is 0.481 e. The summed E-state index contributed by atoms with van der Waals surface area (Å²) in [6.07, 6.45) is 2.70. The number of benzene rings is 1. The maximum atomic E-state index is 12.0. The zero-order valence-corrected chi connectivity index (χ0v) is 11.2. The van der Waals surface area contributed by atoms with Crippen molar-refractivity contribution in [3.05, 3.63) is 30.3 Å². The Kier molecular flexibility index (Phi) is 4.80. The molecule has 0 bridgehead atoms. The van der Waals surface area contributed by atoms with Gasteiger partial charge >= 0.3 is 0 Å². The van der Waals surface area contributed by atoms with Gasteiger partial charge in [-0.2, -0.15) is 0 Å². The van der Waals surface area contributed by atoms with E-state index in [9.17, 15) is 9.90 Å². The molecule has 1 saturated carbocycles.